The van der Waals surface area contributed by atoms with Crippen LogP contribution >= 0.6 is 15.9 Å². The summed E-state index contributed by atoms with van der Waals surface area (Å²) in [6, 6.07) is 13.1. The molecule has 0 fully saturated rings. The average molecular weight is 383 g/mol. The van der Waals surface area contributed by atoms with Crippen LogP contribution in [0.5, 0.6) is 0 Å². The average Bonchev–Trinajstić information content (AvgIpc) is 2.49. The summed E-state index contributed by atoms with van der Waals surface area (Å²) < 4.78 is 27.8. The van der Waals surface area contributed by atoms with Crippen LogP contribution in [0.3, 0.4) is 0 Å². The van der Waals surface area contributed by atoms with Crippen molar-refractivity contribution in [1.82, 2.24) is 5.32 Å². The lowest BCUT2D eigenvalue weighted by molar-refractivity contribution is -0.119. The second-order valence-corrected chi connectivity index (χ2v) is 7.20. The zero-order valence-corrected chi connectivity index (χ0v) is 14.2. The number of carbonyl (C=O) groups is 1. The molecule has 0 heterocycles. The van der Waals surface area contributed by atoms with Gasteiger partial charge in [-0.25, -0.2) is 8.42 Å². The van der Waals surface area contributed by atoms with E-state index in [2.05, 4.69) is 26.0 Å². The van der Waals surface area contributed by atoms with E-state index in [1.165, 1.54) is 12.1 Å². The summed E-state index contributed by atoms with van der Waals surface area (Å²) in [5.41, 5.74) is 1.26. The monoisotopic (exact) mass is 382 g/mol. The van der Waals surface area contributed by atoms with E-state index in [4.69, 9.17) is 0 Å². The third-order valence-electron chi connectivity index (χ3n) is 2.97. The molecule has 5 nitrogen and oxygen atoms in total. The van der Waals surface area contributed by atoms with Gasteiger partial charge in [-0.2, -0.15) is 0 Å². The van der Waals surface area contributed by atoms with Crippen molar-refractivity contribution in [3.8, 4) is 0 Å². The molecule has 0 aliphatic carbocycles. The molecule has 116 valence electrons. The van der Waals surface area contributed by atoms with E-state index in [1.807, 2.05) is 0 Å². The number of rotatable bonds is 5. The van der Waals surface area contributed by atoms with Gasteiger partial charge in [-0.1, -0.05) is 28.1 Å². The van der Waals surface area contributed by atoms with Gasteiger partial charge in [0.1, 0.15) is 0 Å². The molecule has 2 rings (SSSR count). The number of likely N-dealkylation sites (N-methyl/N-ethyl adjacent to an activating group) is 1. The molecule has 0 aliphatic rings. The summed E-state index contributed by atoms with van der Waals surface area (Å²) in [5, 5.41) is 2.54. The van der Waals surface area contributed by atoms with E-state index in [1.54, 1.807) is 43.4 Å². The van der Waals surface area contributed by atoms with Crippen LogP contribution in [0.15, 0.2) is 57.9 Å². The van der Waals surface area contributed by atoms with Gasteiger partial charge in [0.15, 0.2) is 0 Å². The fourth-order valence-electron chi connectivity index (χ4n) is 1.79. The Labute approximate surface area is 137 Å². The number of carbonyl (C=O) groups excluding carboxylic acids is 1. The lowest BCUT2D eigenvalue weighted by Gasteiger charge is -2.09. The largest absolute Gasteiger partial charge is 0.359 e. The number of benzene rings is 2. The van der Waals surface area contributed by atoms with Crippen molar-refractivity contribution >= 4 is 37.5 Å². The molecule has 0 atom stereocenters. The first-order chi connectivity index (χ1) is 10.4. The third-order valence-corrected chi connectivity index (χ3v) is 4.90. The van der Waals surface area contributed by atoms with Gasteiger partial charge in [0.05, 0.1) is 11.3 Å². The van der Waals surface area contributed by atoms with Gasteiger partial charge >= 0.3 is 0 Å². The predicted octanol–water partition coefficient (Wildman–Crippen LogP) is 2.54. The molecule has 0 unspecified atom stereocenters. The molecule has 7 heteroatoms. The van der Waals surface area contributed by atoms with E-state index in [0.29, 0.717) is 5.69 Å². The second-order valence-electron chi connectivity index (χ2n) is 4.61. The normalized spacial score (nSPS) is 11.0. The minimum Gasteiger partial charge on any atom is -0.359 e. The first-order valence-corrected chi connectivity index (χ1v) is 8.76. The molecule has 0 saturated heterocycles. The van der Waals surface area contributed by atoms with Crippen LogP contribution in [0.2, 0.25) is 0 Å². The van der Waals surface area contributed by atoms with Crippen molar-refractivity contribution in [1.29, 1.82) is 0 Å². The predicted molar refractivity (Wildman–Crippen MR) is 89.2 cm³/mol. The molecule has 0 aliphatic heterocycles. The standard InChI is InChI=1S/C15H15BrN2O3S/c1-17-15(19)10-11-2-6-13(7-3-11)18-22(20,21)14-8-4-12(16)5-9-14/h2-9,18H,10H2,1H3,(H,17,19). The molecule has 0 spiro atoms. The van der Waals surface area contributed by atoms with Crippen molar-refractivity contribution in [2.45, 2.75) is 11.3 Å². The molecule has 0 bridgehead atoms. The first kappa shape index (κ1) is 16.5. The van der Waals surface area contributed by atoms with E-state index in [9.17, 15) is 13.2 Å². The first-order valence-electron chi connectivity index (χ1n) is 6.48. The highest BCUT2D eigenvalue weighted by Crippen LogP contribution is 2.19. The van der Waals surface area contributed by atoms with Crippen molar-refractivity contribution in [2.75, 3.05) is 11.8 Å². The highest BCUT2D eigenvalue weighted by atomic mass is 79.9. The van der Waals surface area contributed by atoms with Crippen molar-refractivity contribution in [2.24, 2.45) is 0 Å². The Morgan fingerprint density at radius 1 is 1.05 bits per heavy atom. The zero-order chi connectivity index (χ0) is 16.2. The van der Waals surface area contributed by atoms with Crippen molar-refractivity contribution in [3.63, 3.8) is 0 Å². The van der Waals surface area contributed by atoms with E-state index >= 15 is 0 Å². The van der Waals surface area contributed by atoms with Gasteiger partial charge in [0, 0.05) is 17.2 Å². The number of hydrogen-bond acceptors (Lipinski definition) is 3. The Morgan fingerprint density at radius 2 is 1.64 bits per heavy atom. The molecule has 0 saturated carbocycles. The minimum absolute atomic E-state index is 0.0943. The zero-order valence-electron chi connectivity index (χ0n) is 11.8. The van der Waals surface area contributed by atoms with Gasteiger partial charge in [-0.15, -0.1) is 0 Å². The van der Waals surface area contributed by atoms with Crippen molar-refractivity contribution < 1.29 is 13.2 Å². The molecule has 0 aromatic heterocycles. The van der Waals surface area contributed by atoms with E-state index in [0.717, 1.165) is 10.0 Å². The molecule has 2 N–H and O–H groups in total. The fraction of sp³-hybridized carbons (Fsp3) is 0.133. The minimum atomic E-state index is -3.62. The Balaban J connectivity index is 2.13. The summed E-state index contributed by atoms with van der Waals surface area (Å²) in [6.45, 7) is 0. The Morgan fingerprint density at radius 3 is 2.18 bits per heavy atom. The smallest absolute Gasteiger partial charge is 0.261 e. The van der Waals surface area contributed by atoms with Crippen LogP contribution in [0.25, 0.3) is 0 Å². The van der Waals surface area contributed by atoms with Gasteiger partial charge in [-0.05, 0) is 42.0 Å². The number of sulfonamides is 1. The van der Waals surface area contributed by atoms with Crippen LogP contribution in [0, 0.1) is 0 Å². The summed E-state index contributed by atoms with van der Waals surface area (Å²) in [5.74, 6) is -0.0943. The Kier molecular flexibility index (Phi) is 5.20. The Bertz CT molecular complexity index is 756. The van der Waals surface area contributed by atoms with Gasteiger partial charge in [0.2, 0.25) is 5.91 Å². The summed E-state index contributed by atoms with van der Waals surface area (Å²) in [4.78, 5) is 11.5. The van der Waals surface area contributed by atoms with E-state index in [-0.39, 0.29) is 17.2 Å². The number of anilines is 1. The van der Waals surface area contributed by atoms with Crippen LogP contribution in [0.1, 0.15) is 5.56 Å². The van der Waals surface area contributed by atoms with Crippen LogP contribution in [-0.4, -0.2) is 21.4 Å². The van der Waals surface area contributed by atoms with Crippen LogP contribution in [0.4, 0.5) is 5.69 Å². The van der Waals surface area contributed by atoms with Crippen LogP contribution in [-0.2, 0) is 21.2 Å². The molecule has 22 heavy (non-hydrogen) atoms. The maximum Gasteiger partial charge on any atom is 0.261 e. The number of amides is 1. The molecule has 1 amide bonds. The second kappa shape index (κ2) is 6.93. The highest BCUT2D eigenvalue weighted by molar-refractivity contribution is 9.10. The topological polar surface area (TPSA) is 75.3 Å². The van der Waals surface area contributed by atoms with Gasteiger partial charge in [-0.3, -0.25) is 9.52 Å². The summed E-state index contributed by atoms with van der Waals surface area (Å²) in [7, 11) is -2.05. The molecule has 0 radical (unpaired) electrons. The highest BCUT2D eigenvalue weighted by Gasteiger charge is 2.13. The van der Waals surface area contributed by atoms with Gasteiger partial charge in [0.25, 0.3) is 10.0 Å². The SMILES string of the molecule is CNC(=O)Cc1ccc(NS(=O)(=O)c2ccc(Br)cc2)cc1. The quantitative estimate of drug-likeness (QED) is 0.833. The van der Waals surface area contributed by atoms with Gasteiger partial charge < -0.3 is 5.32 Å². The number of halogens is 1. The summed E-state index contributed by atoms with van der Waals surface area (Å²) >= 11 is 3.26. The van der Waals surface area contributed by atoms with E-state index < -0.39 is 10.0 Å². The maximum absolute atomic E-state index is 12.2. The molecular formula is C15H15BrN2O3S. The fourth-order valence-corrected chi connectivity index (χ4v) is 3.12. The lowest BCUT2D eigenvalue weighted by Crippen LogP contribution is -2.19. The lowest BCUT2D eigenvalue weighted by atomic mass is 10.1. The number of hydrogen-bond donors (Lipinski definition) is 2. The molecular weight excluding hydrogens is 368 g/mol. The van der Waals surface area contributed by atoms with Crippen molar-refractivity contribution in [3.05, 3.63) is 58.6 Å². The summed E-state index contributed by atoms with van der Waals surface area (Å²) in [6.07, 6.45) is 0.260. The molecule has 2 aromatic carbocycles. The number of nitrogens with one attached hydrogen (secondary N) is 2. The third kappa shape index (κ3) is 4.32. The Hall–Kier alpha value is -1.86. The van der Waals surface area contributed by atoms with Crippen LogP contribution < -0.4 is 10.0 Å². The molecule has 2 aromatic rings. The maximum atomic E-state index is 12.2.